The van der Waals surface area contributed by atoms with Crippen LogP contribution in [0.1, 0.15) is 56.8 Å². The molecule has 2 aliphatic rings. The number of carbonyl (C=O) groups excluding carboxylic acids is 6. The molecule has 2 aliphatic heterocycles. The van der Waals surface area contributed by atoms with Crippen LogP contribution in [0.5, 0.6) is 0 Å². The summed E-state index contributed by atoms with van der Waals surface area (Å²) in [5.41, 5.74) is -0.255. The zero-order valence-corrected chi connectivity index (χ0v) is 20.6. The number of nitrogens with zero attached hydrogens (tertiary/aromatic N) is 3. The average Bonchev–Trinajstić information content (AvgIpc) is 3.13. The maximum Gasteiger partial charge on any atom is 0.410 e. The molecule has 0 bridgehead atoms. The Morgan fingerprint density at radius 1 is 0.917 bits per heavy atom. The van der Waals surface area contributed by atoms with E-state index >= 15 is 0 Å². The van der Waals surface area contributed by atoms with Crippen LogP contribution in [-0.4, -0.2) is 82.3 Å². The summed E-state index contributed by atoms with van der Waals surface area (Å²) in [7, 11) is 0. The Hall–Kier alpha value is -3.96. The summed E-state index contributed by atoms with van der Waals surface area (Å²) in [5, 5.41) is 3.07. The summed E-state index contributed by atoms with van der Waals surface area (Å²) in [6, 6.07) is 5.83. The van der Waals surface area contributed by atoms with Gasteiger partial charge >= 0.3 is 12.1 Å². The minimum Gasteiger partial charge on any atom is -0.444 e. The second-order valence-electron chi connectivity index (χ2n) is 9.44. The number of piperazine rings is 1. The number of ether oxygens (including phenoxy) is 1. The average molecular weight is 503 g/mol. The van der Waals surface area contributed by atoms with E-state index < -0.39 is 35.4 Å². The minimum atomic E-state index is -0.907. The zero-order valence-electron chi connectivity index (χ0n) is 20.6. The smallest absolute Gasteiger partial charge is 0.410 e. The Balaban J connectivity index is 1.44. The number of carbonyl (C=O) groups is 6. The highest BCUT2D eigenvalue weighted by Crippen LogP contribution is 2.17. The number of nitrogens with one attached hydrogen (secondary N) is 1. The van der Waals surface area contributed by atoms with Gasteiger partial charge in [-0.05, 0) is 39.0 Å². The second kappa shape index (κ2) is 11.2. The Kier molecular flexibility index (Phi) is 8.28. The van der Waals surface area contributed by atoms with Crippen molar-refractivity contribution in [1.29, 1.82) is 0 Å². The molecule has 36 heavy (non-hydrogen) atoms. The summed E-state index contributed by atoms with van der Waals surface area (Å²) in [4.78, 5) is 80.6. The molecule has 2 fully saturated rings. The zero-order chi connectivity index (χ0) is 26.5. The molecule has 0 spiro atoms. The topological polar surface area (TPSA) is 143 Å². The molecule has 0 atom stereocenters. The van der Waals surface area contributed by atoms with E-state index in [4.69, 9.17) is 9.57 Å². The Morgan fingerprint density at radius 3 is 2.14 bits per heavy atom. The van der Waals surface area contributed by atoms with Crippen molar-refractivity contribution in [3.8, 4) is 0 Å². The molecule has 0 aliphatic carbocycles. The first kappa shape index (κ1) is 26.6. The van der Waals surface area contributed by atoms with Crippen molar-refractivity contribution >= 4 is 41.4 Å². The van der Waals surface area contributed by atoms with Crippen molar-refractivity contribution in [2.24, 2.45) is 0 Å². The SMILES string of the molecule is CC(C)(C)OC(=O)N1CCN(C(=O)CCC(=O)Nc2cccc(C(=O)ON3C(=O)CCC3=O)c2)CC1. The fraction of sp³-hybridized carbons (Fsp3) is 0.500. The van der Waals surface area contributed by atoms with Gasteiger partial charge in [0.15, 0.2) is 0 Å². The first-order valence-corrected chi connectivity index (χ1v) is 11.7. The number of hydrogen-bond donors (Lipinski definition) is 1. The Bertz CT molecular complexity index is 1040. The van der Waals surface area contributed by atoms with Crippen LogP contribution in [0.2, 0.25) is 0 Å². The van der Waals surface area contributed by atoms with Crippen molar-refractivity contribution in [3.05, 3.63) is 29.8 Å². The van der Waals surface area contributed by atoms with Gasteiger partial charge in [0, 0.05) is 57.5 Å². The molecule has 1 N–H and O–H groups in total. The molecule has 2 saturated heterocycles. The van der Waals surface area contributed by atoms with Gasteiger partial charge in [-0.25, -0.2) is 9.59 Å². The molecule has 194 valence electrons. The van der Waals surface area contributed by atoms with Crippen molar-refractivity contribution in [3.63, 3.8) is 0 Å². The fourth-order valence-corrected chi connectivity index (χ4v) is 3.58. The third-order valence-electron chi connectivity index (χ3n) is 5.41. The summed E-state index contributed by atoms with van der Waals surface area (Å²) in [5.74, 6) is -2.71. The molecule has 5 amide bonds. The molecular weight excluding hydrogens is 472 g/mol. The van der Waals surface area contributed by atoms with E-state index in [1.54, 1.807) is 36.6 Å². The van der Waals surface area contributed by atoms with Gasteiger partial charge in [0.25, 0.3) is 11.8 Å². The molecule has 3 rings (SSSR count). The van der Waals surface area contributed by atoms with E-state index in [1.165, 1.54) is 18.2 Å². The highest BCUT2D eigenvalue weighted by Gasteiger charge is 2.33. The van der Waals surface area contributed by atoms with Crippen LogP contribution in [0, 0.1) is 0 Å². The van der Waals surface area contributed by atoms with E-state index in [2.05, 4.69) is 5.32 Å². The van der Waals surface area contributed by atoms with Crippen LogP contribution in [0.3, 0.4) is 0 Å². The number of amides is 5. The van der Waals surface area contributed by atoms with E-state index in [1.807, 2.05) is 0 Å². The molecule has 0 saturated carbocycles. The molecule has 1 aromatic rings. The first-order chi connectivity index (χ1) is 16.9. The third-order valence-corrected chi connectivity index (χ3v) is 5.41. The molecular formula is C24H30N4O8. The lowest BCUT2D eigenvalue weighted by atomic mass is 10.2. The second-order valence-corrected chi connectivity index (χ2v) is 9.44. The summed E-state index contributed by atoms with van der Waals surface area (Å²) in [6.45, 7) is 6.77. The maximum absolute atomic E-state index is 12.5. The molecule has 2 heterocycles. The van der Waals surface area contributed by atoms with Gasteiger partial charge in [-0.1, -0.05) is 6.07 Å². The van der Waals surface area contributed by atoms with E-state index in [0.717, 1.165) is 0 Å². The standard InChI is InChI=1S/C24H30N4O8/c1-24(2,3)35-23(34)27-13-11-26(12-14-27)19(30)8-7-18(29)25-17-6-4-5-16(15-17)22(33)36-28-20(31)9-10-21(28)32/h4-6,15H,7-14H2,1-3H3,(H,25,29). The molecule has 12 nitrogen and oxygen atoms in total. The van der Waals surface area contributed by atoms with E-state index in [9.17, 15) is 28.8 Å². The van der Waals surface area contributed by atoms with Gasteiger partial charge in [0.2, 0.25) is 11.8 Å². The lowest BCUT2D eigenvalue weighted by molar-refractivity contribution is -0.172. The lowest BCUT2D eigenvalue weighted by Crippen LogP contribution is -2.51. The van der Waals surface area contributed by atoms with Crippen LogP contribution in [0.4, 0.5) is 10.5 Å². The monoisotopic (exact) mass is 502 g/mol. The van der Waals surface area contributed by atoms with Gasteiger partial charge in [-0.2, -0.15) is 0 Å². The number of hydroxylamine groups is 2. The van der Waals surface area contributed by atoms with E-state index in [-0.39, 0.29) is 37.2 Å². The lowest BCUT2D eigenvalue weighted by Gasteiger charge is -2.35. The van der Waals surface area contributed by atoms with Crippen LogP contribution < -0.4 is 5.32 Å². The number of rotatable bonds is 6. The van der Waals surface area contributed by atoms with Crippen LogP contribution in [0.15, 0.2) is 24.3 Å². The summed E-state index contributed by atoms with van der Waals surface area (Å²) >= 11 is 0. The number of imide groups is 1. The molecule has 0 radical (unpaired) electrons. The van der Waals surface area contributed by atoms with Gasteiger partial charge in [0.05, 0.1) is 5.56 Å². The van der Waals surface area contributed by atoms with Crippen LogP contribution >= 0.6 is 0 Å². The first-order valence-electron chi connectivity index (χ1n) is 11.7. The quantitative estimate of drug-likeness (QED) is 0.579. The van der Waals surface area contributed by atoms with Gasteiger partial charge in [-0.15, -0.1) is 5.06 Å². The Labute approximate surface area is 208 Å². The highest BCUT2D eigenvalue weighted by molar-refractivity contribution is 6.03. The largest absolute Gasteiger partial charge is 0.444 e. The summed E-state index contributed by atoms with van der Waals surface area (Å²) in [6.07, 6.45) is -0.532. The van der Waals surface area contributed by atoms with Gasteiger partial charge < -0.3 is 24.7 Å². The Morgan fingerprint density at radius 2 is 1.53 bits per heavy atom. The number of anilines is 1. The third kappa shape index (κ3) is 7.27. The van der Waals surface area contributed by atoms with Crippen LogP contribution in [0.25, 0.3) is 0 Å². The predicted molar refractivity (Wildman–Crippen MR) is 125 cm³/mol. The van der Waals surface area contributed by atoms with Crippen molar-refractivity contribution in [1.82, 2.24) is 14.9 Å². The van der Waals surface area contributed by atoms with Crippen molar-refractivity contribution in [2.45, 2.75) is 52.1 Å². The predicted octanol–water partition coefficient (Wildman–Crippen LogP) is 1.71. The van der Waals surface area contributed by atoms with E-state index in [0.29, 0.717) is 36.9 Å². The maximum atomic E-state index is 12.5. The van der Waals surface area contributed by atoms with Crippen molar-refractivity contribution in [2.75, 3.05) is 31.5 Å². The normalized spacial score (nSPS) is 16.1. The van der Waals surface area contributed by atoms with Gasteiger partial charge in [-0.3, -0.25) is 19.2 Å². The molecule has 0 unspecified atom stereocenters. The van der Waals surface area contributed by atoms with Crippen LogP contribution in [-0.2, 0) is 28.8 Å². The number of hydrogen-bond acceptors (Lipinski definition) is 8. The fourth-order valence-electron chi connectivity index (χ4n) is 3.58. The molecule has 1 aromatic carbocycles. The van der Waals surface area contributed by atoms with Crippen molar-refractivity contribution < 1.29 is 38.3 Å². The molecule has 12 heteroatoms. The number of benzene rings is 1. The minimum absolute atomic E-state index is 0.0135. The van der Waals surface area contributed by atoms with Gasteiger partial charge in [0.1, 0.15) is 5.60 Å². The summed E-state index contributed by atoms with van der Waals surface area (Å²) < 4.78 is 5.34. The molecule has 0 aromatic heterocycles. The highest BCUT2D eigenvalue weighted by atomic mass is 16.7.